The van der Waals surface area contributed by atoms with E-state index in [-0.39, 0.29) is 0 Å². The van der Waals surface area contributed by atoms with Crippen LogP contribution in [0.3, 0.4) is 0 Å². The Labute approximate surface area is 57.6 Å². The monoisotopic (exact) mass is 124 g/mol. The summed E-state index contributed by atoms with van der Waals surface area (Å²) in [6, 6.07) is 0. The van der Waals surface area contributed by atoms with Crippen molar-refractivity contribution >= 4 is 0 Å². The first-order valence-corrected chi connectivity index (χ1v) is 4.42. The van der Waals surface area contributed by atoms with Gasteiger partial charge in [0.2, 0.25) is 0 Å². The minimum atomic E-state index is 1.16. The summed E-state index contributed by atoms with van der Waals surface area (Å²) in [5.74, 6) is 3.56. The van der Waals surface area contributed by atoms with E-state index in [2.05, 4.69) is 6.92 Å². The molecule has 0 aliphatic heterocycles. The largest absolute Gasteiger partial charge is 0.0654 e. The maximum atomic E-state index is 2.31. The van der Waals surface area contributed by atoms with Crippen molar-refractivity contribution < 1.29 is 0 Å². The molecule has 0 heterocycles. The van der Waals surface area contributed by atoms with Crippen LogP contribution in [-0.4, -0.2) is 0 Å². The third kappa shape index (κ3) is 0.720. The van der Waals surface area contributed by atoms with E-state index < -0.39 is 0 Å². The van der Waals surface area contributed by atoms with Crippen LogP contribution in [0.15, 0.2) is 0 Å². The van der Waals surface area contributed by atoms with E-state index in [4.69, 9.17) is 0 Å². The van der Waals surface area contributed by atoms with Crippen molar-refractivity contribution in [1.82, 2.24) is 0 Å². The van der Waals surface area contributed by atoms with Gasteiger partial charge < -0.3 is 0 Å². The molecule has 0 radical (unpaired) electrons. The second-order valence-corrected chi connectivity index (χ2v) is 3.79. The summed E-state index contributed by atoms with van der Waals surface area (Å²) >= 11 is 0. The third-order valence-corrected chi connectivity index (χ3v) is 3.35. The molecule has 0 nitrogen and oxygen atoms in total. The minimum absolute atomic E-state index is 1.16. The lowest BCUT2D eigenvalue weighted by Crippen LogP contribution is -2.44. The number of hydrogen-bond acceptors (Lipinski definition) is 0. The summed E-state index contributed by atoms with van der Waals surface area (Å²) in [7, 11) is 0. The molecule has 52 valence electrons. The Morgan fingerprint density at radius 2 is 2.22 bits per heavy atom. The van der Waals surface area contributed by atoms with Crippen LogP contribution in [0.25, 0.3) is 0 Å². The van der Waals surface area contributed by atoms with Gasteiger partial charge >= 0.3 is 0 Å². The predicted octanol–water partition coefficient (Wildman–Crippen LogP) is 2.83. The van der Waals surface area contributed by atoms with E-state index in [1.807, 2.05) is 0 Å². The Kier molecular flexibility index (Phi) is 1.28. The van der Waals surface area contributed by atoms with Gasteiger partial charge in [-0.15, -0.1) is 0 Å². The van der Waals surface area contributed by atoms with Gasteiger partial charge in [0.15, 0.2) is 0 Å². The summed E-state index contributed by atoms with van der Waals surface area (Å²) in [6.07, 6.45) is 7.63. The van der Waals surface area contributed by atoms with E-state index in [0.29, 0.717) is 0 Å². The molecule has 0 aromatic rings. The maximum Gasteiger partial charge on any atom is -0.0357 e. The zero-order valence-electron chi connectivity index (χ0n) is 6.27. The van der Waals surface area contributed by atoms with E-state index in [9.17, 15) is 0 Å². The van der Waals surface area contributed by atoms with Gasteiger partial charge in [0.05, 0.1) is 0 Å². The first-order chi connectivity index (χ1) is 4.42. The molecule has 0 spiro atoms. The molecular weight excluding hydrogens is 108 g/mol. The van der Waals surface area contributed by atoms with Crippen molar-refractivity contribution in [2.45, 2.75) is 39.0 Å². The molecule has 2 unspecified atom stereocenters. The standard InChI is InChI=1S/C9H16/c1-2-3-7-6-8-4-5-9(7)8/h7-9H,2-6H2,1H3/t7-,8?,9?/m0/s1. The van der Waals surface area contributed by atoms with E-state index in [1.54, 1.807) is 19.3 Å². The molecule has 0 amide bonds. The van der Waals surface area contributed by atoms with Crippen LogP contribution in [0.5, 0.6) is 0 Å². The van der Waals surface area contributed by atoms with Gasteiger partial charge in [-0.05, 0) is 37.0 Å². The fourth-order valence-corrected chi connectivity index (χ4v) is 2.58. The average molecular weight is 124 g/mol. The molecule has 2 rings (SSSR count). The van der Waals surface area contributed by atoms with Gasteiger partial charge in [-0.1, -0.05) is 19.8 Å². The van der Waals surface area contributed by atoms with Crippen molar-refractivity contribution in [3.63, 3.8) is 0 Å². The van der Waals surface area contributed by atoms with E-state index in [0.717, 1.165) is 5.92 Å². The van der Waals surface area contributed by atoms with Gasteiger partial charge in [0.25, 0.3) is 0 Å². The van der Waals surface area contributed by atoms with Crippen LogP contribution < -0.4 is 0 Å². The molecule has 2 saturated carbocycles. The molecular formula is C9H16. The highest BCUT2D eigenvalue weighted by atomic mass is 14.5. The Bertz CT molecular complexity index is 105. The van der Waals surface area contributed by atoms with E-state index in [1.165, 1.54) is 24.7 Å². The lowest BCUT2D eigenvalue weighted by atomic mass is 9.52. The van der Waals surface area contributed by atoms with Gasteiger partial charge in [-0.2, -0.15) is 0 Å². The first kappa shape index (κ1) is 5.76. The van der Waals surface area contributed by atoms with Gasteiger partial charge in [0.1, 0.15) is 0 Å². The number of hydrogen-bond donors (Lipinski definition) is 0. The molecule has 3 atom stereocenters. The summed E-state index contributed by atoms with van der Waals surface area (Å²) < 4.78 is 0. The molecule has 0 heteroatoms. The van der Waals surface area contributed by atoms with Crippen LogP contribution >= 0.6 is 0 Å². The maximum absolute atomic E-state index is 2.31. The molecule has 0 aromatic heterocycles. The van der Waals surface area contributed by atoms with Crippen LogP contribution in [0.4, 0.5) is 0 Å². The Morgan fingerprint density at radius 1 is 1.33 bits per heavy atom. The van der Waals surface area contributed by atoms with Crippen molar-refractivity contribution in [1.29, 1.82) is 0 Å². The van der Waals surface area contributed by atoms with Gasteiger partial charge in [-0.3, -0.25) is 0 Å². The molecule has 0 bridgehead atoms. The fourth-order valence-electron chi connectivity index (χ4n) is 2.58. The normalized spacial score (nSPS) is 47.0. The van der Waals surface area contributed by atoms with Gasteiger partial charge in [-0.25, -0.2) is 0 Å². The summed E-state index contributed by atoms with van der Waals surface area (Å²) in [6.45, 7) is 2.31. The molecule has 2 aliphatic rings. The zero-order valence-corrected chi connectivity index (χ0v) is 6.27. The zero-order chi connectivity index (χ0) is 6.27. The molecule has 9 heavy (non-hydrogen) atoms. The first-order valence-electron chi connectivity index (χ1n) is 4.42. The second kappa shape index (κ2) is 2.00. The highest BCUT2D eigenvalue weighted by Gasteiger charge is 2.45. The summed E-state index contributed by atoms with van der Waals surface area (Å²) in [5, 5.41) is 0. The molecule has 2 fully saturated rings. The summed E-state index contributed by atoms with van der Waals surface area (Å²) in [4.78, 5) is 0. The van der Waals surface area contributed by atoms with Crippen LogP contribution in [0, 0.1) is 17.8 Å². The fraction of sp³-hybridized carbons (Fsp3) is 1.00. The van der Waals surface area contributed by atoms with Crippen LogP contribution in [-0.2, 0) is 0 Å². The SMILES string of the molecule is CCC[C@H]1CC2CCC21. The number of fused-ring (bicyclic) bond motifs is 1. The molecule has 0 aromatic carbocycles. The molecule has 0 N–H and O–H groups in total. The van der Waals surface area contributed by atoms with Crippen molar-refractivity contribution in [2.75, 3.05) is 0 Å². The quantitative estimate of drug-likeness (QED) is 0.531. The topological polar surface area (TPSA) is 0 Å². The van der Waals surface area contributed by atoms with Crippen molar-refractivity contribution in [3.05, 3.63) is 0 Å². The highest BCUT2D eigenvalue weighted by Crippen LogP contribution is 2.55. The lowest BCUT2D eigenvalue weighted by molar-refractivity contribution is -0.0296. The Balaban J connectivity index is 1.77. The van der Waals surface area contributed by atoms with Crippen molar-refractivity contribution in [3.8, 4) is 0 Å². The third-order valence-electron chi connectivity index (χ3n) is 3.35. The highest BCUT2D eigenvalue weighted by molar-refractivity contribution is 4.95. The van der Waals surface area contributed by atoms with E-state index >= 15 is 0 Å². The van der Waals surface area contributed by atoms with Crippen LogP contribution in [0.2, 0.25) is 0 Å². The number of rotatable bonds is 2. The lowest BCUT2D eigenvalue weighted by Gasteiger charge is -2.53. The molecule has 2 aliphatic carbocycles. The average Bonchev–Trinajstić information content (AvgIpc) is 1.82. The predicted molar refractivity (Wildman–Crippen MR) is 39.2 cm³/mol. The Hall–Kier alpha value is 0. The smallest absolute Gasteiger partial charge is 0.0357 e. The van der Waals surface area contributed by atoms with Crippen LogP contribution in [0.1, 0.15) is 39.0 Å². The minimum Gasteiger partial charge on any atom is -0.0654 e. The van der Waals surface area contributed by atoms with Gasteiger partial charge in [0, 0.05) is 0 Å². The Morgan fingerprint density at radius 3 is 2.56 bits per heavy atom. The summed E-state index contributed by atoms with van der Waals surface area (Å²) in [5.41, 5.74) is 0. The van der Waals surface area contributed by atoms with Crippen molar-refractivity contribution in [2.24, 2.45) is 17.8 Å². The molecule has 0 saturated heterocycles. The second-order valence-electron chi connectivity index (χ2n) is 3.79.